The van der Waals surface area contributed by atoms with Crippen LogP contribution in [0.15, 0.2) is 24.3 Å². The van der Waals surface area contributed by atoms with Crippen molar-refractivity contribution in [2.75, 3.05) is 13.2 Å². The molecule has 3 heteroatoms. The third-order valence-corrected chi connectivity index (χ3v) is 2.62. The molecule has 0 saturated carbocycles. The molecular formula is C12H18ClNO. The maximum Gasteiger partial charge on any atom is 0.0443 e. The van der Waals surface area contributed by atoms with Crippen LogP contribution >= 0.6 is 11.6 Å². The van der Waals surface area contributed by atoms with Crippen molar-refractivity contribution in [3.8, 4) is 0 Å². The molecule has 1 aromatic carbocycles. The zero-order valence-electron chi connectivity index (χ0n) is 9.04. The molecular weight excluding hydrogens is 210 g/mol. The Morgan fingerprint density at radius 1 is 1.47 bits per heavy atom. The number of aliphatic hydroxyl groups excluding tert-OH is 1. The molecule has 0 aromatic heterocycles. The van der Waals surface area contributed by atoms with E-state index in [0.717, 1.165) is 24.4 Å². The standard InChI is InChI=1S/C12H18ClNO/c1-2-12(14-7-4-8-15)10-5-3-6-11(13)9-10/h3,5-6,9,12,14-15H,2,4,7-8H2,1H3. The van der Waals surface area contributed by atoms with Crippen LogP contribution in [0.3, 0.4) is 0 Å². The summed E-state index contributed by atoms with van der Waals surface area (Å²) < 4.78 is 0. The number of nitrogens with one attached hydrogen (secondary N) is 1. The lowest BCUT2D eigenvalue weighted by atomic mass is 10.0. The van der Waals surface area contributed by atoms with Gasteiger partial charge in [0.1, 0.15) is 0 Å². The molecule has 84 valence electrons. The lowest BCUT2D eigenvalue weighted by Crippen LogP contribution is -2.22. The summed E-state index contributed by atoms with van der Waals surface area (Å²) in [7, 11) is 0. The van der Waals surface area contributed by atoms with E-state index < -0.39 is 0 Å². The Kier molecular flexibility index (Phi) is 5.69. The summed E-state index contributed by atoms with van der Waals surface area (Å²) in [5.74, 6) is 0. The smallest absolute Gasteiger partial charge is 0.0443 e. The van der Waals surface area contributed by atoms with Gasteiger partial charge < -0.3 is 10.4 Å². The van der Waals surface area contributed by atoms with Gasteiger partial charge in [0.25, 0.3) is 0 Å². The van der Waals surface area contributed by atoms with E-state index in [4.69, 9.17) is 16.7 Å². The molecule has 0 aliphatic heterocycles. The second-order valence-electron chi connectivity index (χ2n) is 3.55. The number of rotatable bonds is 6. The van der Waals surface area contributed by atoms with Crippen molar-refractivity contribution < 1.29 is 5.11 Å². The van der Waals surface area contributed by atoms with Gasteiger partial charge >= 0.3 is 0 Å². The Morgan fingerprint density at radius 2 is 2.27 bits per heavy atom. The first kappa shape index (κ1) is 12.5. The minimum atomic E-state index is 0.235. The van der Waals surface area contributed by atoms with Crippen LogP contribution in [0.2, 0.25) is 5.02 Å². The van der Waals surface area contributed by atoms with E-state index in [0.29, 0.717) is 6.04 Å². The molecule has 0 aliphatic carbocycles. The first-order chi connectivity index (χ1) is 7.27. The number of hydrogen-bond donors (Lipinski definition) is 2. The molecule has 1 aromatic rings. The molecule has 1 rings (SSSR count). The second kappa shape index (κ2) is 6.83. The minimum Gasteiger partial charge on any atom is -0.396 e. The molecule has 15 heavy (non-hydrogen) atoms. The van der Waals surface area contributed by atoms with E-state index in [9.17, 15) is 0 Å². The number of benzene rings is 1. The summed E-state index contributed by atoms with van der Waals surface area (Å²) in [6.07, 6.45) is 1.81. The largest absolute Gasteiger partial charge is 0.396 e. The normalized spacial score (nSPS) is 12.7. The fourth-order valence-corrected chi connectivity index (χ4v) is 1.78. The van der Waals surface area contributed by atoms with Gasteiger partial charge in [-0.1, -0.05) is 30.7 Å². The van der Waals surface area contributed by atoms with Crippen molar-refractivity contribution in [1.82, 2.24) is 5.32 Å². The van der Waals surface area contributed by atoms with E-state index in [2.05, 4.69) is 18.3 Å². The number of aliphatic hydroxyl groups is 1. The molecule has 0 bridgehead atoms. The zero-order valence-corrected chi connectivity index (χ0v) is 9.80. The Hall–Kier alpha value is -0.570. The Labute approximate surface area is 96.3 Å². The minimum absolute atomic E-state index is 0.235. The van der Waals surface area contributed by atoms with Gasteiger partial charge in [-0.25, -0.2) is 0 Å². The summed E-state index contributed by atoms with van der Waals surface area (Å²) in [5.41, 5.74) is 1.21. The van der Waals surface area contributed by atoms with Crippen molar-refractivity contribution in [1.29, 1.82) is 0 Å². The fraction of sp³-hybridized carbons (Fsp3) is 0.500. The Balaban J connectivity index is 2.57. The van der Waals surface area contributed by atoms with Crippen LogP contribution in [-0.2, 0) is 0 Å². The molecule has 1 atom stereocenters. The lowest BCUT2D eigenvalue weighted by Gasteiger charge is -2.17. The molecule has 2 N–H and O–H groups in total. The molecule has 1 unspecified atom stereocenters. The molecule has 0 amide bonds. The van der Waals surface area contributed by atoms with E-state index in [1.807, 2.05) is 18.2 Å². The summed E-state index contributed by atoms with van der Waals surface area (Å²) in [5, 5.41) is 12.9. The highest BCUT2D eigenvalue weighted by molar-refractivity contribution is 6.30. The highest BCUT2D eigenvalue weighted by Gasteiger charge is 2.07. The van der Waals surface area contributed by atoms with Crippen LogP contribution in [-0.4, -0.2) is 18.3 Å². The predicted molar refractivity (Wildman–Crippen MR) is 64.2 cm³/mol. The van der Waals surface area contributed by atoms with Crippen molar-refractivity contribution >= 4 is 11.6 Å². The number of hydrogen-bond acceptors (Lipinski definition) is 2. The SMILES string of the molecule is CCC(NCCCO)c1cccc(Cl)c1. The van der Waals surface area contributed by atoms with Gasteiger partial charge in [-0.3, -0.25) is 0 Å². The van der Waals surface area contributed by atoms with E-state index in [-0.39, 0.29) is 6.61 Å². The van der Waals surface area contributed by atoms with E-state index in [1.165, 1.54) is 5.56 Å². The summed E-state index contributed by atoms with van der Waals surface area (Å²) in [4.78, 5) is 0. The summed E-state index contributed by atoms with van der Waals surface area (Å²) >= 11 is 5.94. The van der Waals surface area contributed by atoms with Crippen LogP contribution in [0.5, 0.6) is 0 Å². The van der Waals surface area contributed by atoms with Crippen LogP contribution in [0, 0.1) is 0 Å². The van der Waals surface area contributed by atoms with Crippen molar-refractivity contribution in [2.24, 2.45) is 0 Å². The summed E-state index contributed by atoms with van der Waals surface area (Å²) in [6, 6.07) is 8.24. The quantitative estimate of drug-likeness (QED) is 0.733. The molecule has 0 fully saturated rings. The fourth-order valence-electron chi connectivity index (χ4n) is 1.58. The van der Waals surface area contributed by atoms with Gasteiger partial charge in [0, 0.05) is 17.7 Å². The van der Waals surface area contributed by atoms with Crippen molar-refractivity contribution in [3.63, 3.8) is 0 Å². The molecule has 0 spiro atoms. The third-order valence-electron chi connectivity index (χ3n) is 2.38. The van der Waals surface area contributed by atoms with Crippen molar-refractivity contribution in [3.05, 3.63) is 34.9 Å². The van der Waals surface area contributed by atoms with Gasteiger partial charge in [-0.2, -0.15) is 0 Å². The highest BCUT2D eigenvalue weighted by atomic mass is 35.5. The van der Waals surface area contributed by atoms with Crippen LogP contribution in [0.1, 0.15) is 31.4 Å². The average molecular weight is 228 g/mol. The van der Waals surface area contributed by atoms with Crippen molar-refractivity contribution in [2.45, 2.75) is 25.8 Å². The van der Waals surface area contributed by atoms with Crippen LogP contribution < -0.4 is 5.32 Å². The molecule has 0 radical (unpaired) electrons. The Morgan fingerprint density at radius 3 is 2.87 bits per heavy atom. The molecule has 2 nitrogen and oxygen atoms in total. The topological polar surface area (TPSA) is 32.3 Å². The van der Waals surface area contributed by atoms with E-state index in [1.54, 1.807) is 0 Å². The Bertz CT molecular complexity index is 291. The first-order valence-corrected chi connectivity index (χ1v) is 5.75. The van der Waals surface area contributed by atoms with Gasteiger partial charge in [0.15, 0.2) is 0 Å². The van der Waals surface area contributed by atoms with Crippen LogP contribution in [0.4, 0.5) is 0 Å². The zero-order chi connectivity index (χ0) is 11.1. The maximum atomic E-state index is 8.71. The number of halogens is 1. The third kappa shape index (κ3) is 4.20. The summed E-state index contributed by atoms with van der Waals surface area (Å²) in [6.45, 7) is 3.21. The second-order valence-corrected chi connectivity index (χ2v) is 3.98. The molecule has 0 saturated heterocycles. The van der Waals surface area contributed by atoms with Crippen LogP contribution in [0.25, 0.3) is 0 Å². The average Bonchev–Trinajstić information content (AvgIpc) is 2.24. The van der Waals surface area contributed by atoms with Gasteiger partial charge in [-0.15, -0.1) is 0 Å². The maximum absolute atomic E-state index is 8.71. The highest BCUT2D eigenvalue weighted by Crippen LogP contribution is 2.19. The predicted octanol–water partition coefficient (Wildman–Crippen LogP) is 2.76. The monoisotopic (exact) mass is 227 g/mol. The van der Waals surface area contributed by atoms with Gasteiger partial charge in [0.05, 0.1) is 0 Å². The van der Waals surface area contributed by atoms with Gasteiger partial charge in [-0.05, 0) is 37.1 Å². The lowest BCUT2D eigenvalue weighted by molar-refractivity contribution is 0.283. The van der Waals surface area contributed by atoms with E-state index >= 15 is 0 Å². The molecule has 0 aliphatic rings. The first-order valence-electron chi connectivity index (χ1n) is 5.37. The molecule has 0 heterocycles. The van der Waals surface area contributed by atoms with Gasteiger partial charge in [0.2, 0.25) is 0 Å².